The number of anilines is 1. The summed E-state index contributed by atoms with van der Waals surface area (Å²) in [5, 5.41) is 13.3. The van der Waals surface area contributed by atoms with E-state index >= 15 is 0 Å². The maximum absolute atomic E-state index is 13.6. The van der Waals surface area contributed by atoms with E-state index in [-0.39, 0.29) is 23.3 Å². The smallest absolute Gasteiger partial charge is 0.291 e. The lowest BCUT2D eigenvalue weighted by Gasteiger charge is -2.08. The van der Waals surface area contributed by atoms with Crippen LogP contribution >= 0.6 is 0 Å². The third kappa shape index (κ3) is 4.24. The fraction of sp³-hybridized carbons (Fsp3) is 0.105. The lowest BCUT2D eigenvalue weighted by molar-refractivity contribution is -0.384. The Bertz CT molecular complexity index is 1120. The number of nitrogens with one attached hydrogen (secondary N) is 1. The number of furan rings is 1. The molecule has 0 saturated carbocycles. The Morgan fingerprint density at radius 1 is 1.10 bits per heavy atom. The van der Waals surface area contributed by atoms with Crippen LogP contribution in [0.5, 0.6) is 5.75 Å². The maximum atomic E-state index is 13.6. The van der Waals surface area contributed by atoms with Gasteiger partial charge in [-0.15, -0.1) is 0 Å². The number of benzene rings is 2. The Labute approximate surface area is 166 Å². The maximum Gasteiger partial charge on any atom is 0.291 e. The number of amides is 1. The van der Waals surface area contributed by atoms with Gasteiger partial charge < -0.3 is 14.5 Å². The van der Waals surface area contributed by atoms with Crippen LogP contribution in [0.1, 0.15) is 21.9 Å². The second-order valence-corrected chi connectivity index (χ2v) is 6.06. The lowest BCUT2D eigenvalue weighted by atomic mass is 10.2. The summed E-state index contributed by atoms with van der Waals surface area (Å²) in [6.45, 7) is 0.950. The molecule has 0 fully saturated rings. The molecule has 1 N–H and O–H groups in total. The molecule has 0 unspecified atom stereocenters. The van der Waals surface area contributed by atoms with Crippen molar-refractivity contribution >= 4 is 17.3 Å². The Hall–Kier alpha value is -3.89. The van der Waals surface area contributed by atoms with Crippen LogP contribution in [-0.2, 0) is 6.61 Å². The SMILES string of the molecule is Cc1cc([N+](=O)[O-])ccc1NC(=O)c1ccc(COc2c(F)c(F)cc(F)c2F)o1. The normalized spacial score (nSPS) is 10.7. The largest absolute Gasteiger partial charge is 0.479 e. The number of hydrogen-bond donors (Lipinski definition) is 1. The number of rotatable bonds is 6. The predicted octanol–water partition coefficient (Wildman–Crippen LogP) is 4.88. The summed E-state index contributed by atoms with van der Waals surface area (Å²) in [4.78, 5) is 22.5. The van der Waals surface area contributed by atoms with Gasteiger partial charge in [0.1, 0.15) is 12.4 Å². The molecule has 1 aromatic heterocycles. The van der Waals surface area contributed by atoms with Crippen molar-refractivity contribution in [1.29, 1.82) is 0 Å². The molecular weight excluding hydrogens is 412 g/mol. The van der Waals surface area contributed by atoms with Gasteiger partial charge in [-0.05, 0) is 30.7 Å². The molecule has 3 rings (SSSR count). The number of halogens is 4. The zero-order valence-corrected chi connectivity index (χ0v) is 15.2. The Morgan fingerprint density at radius 3 is 2.37 bits per heavy atom. The number of ether oxygens (including phenoxy) is 1. The minimum atomic E-state index is -1.70. The first-order chi connectivity index (χ1) is 14.2. The van der Waals surface area contributed by atoms with Crippen molar-refractivity contribution in [1.82, 2.24) is 0 Å². The number of aryl methyl sites for hydroxylation is 1. The summed E-state index contributed by atoms with van der Waals surface area (Å²) in [6.07, 6.45) is 0. The first-order valence-electron chi connectivity index (χ1n) is 8.28. The van der Waals surface area contributed by atoms with Crippen LogP contribution in [-0.4, -0.2) is 10.8 Å². The molecule has 0 bridgehead atoms. The second kappa shape index (κ2) is 8.23. The zero-order valence-electron chi connectivity index (χ0n) is 15.2. The molecule has 1 amide bonds. The summed E-state index contributed by atoms with van der Waals surface area (Å²) in [5.74, 6) is -8.85. The van der Waals surface area contributed by atoms with Gasteiger partial charge in [0.2, 0.25) is 11.6 Å². The summed E-state index contributed by atoms with van der Waals surface area (Å²) in [6, 6.07) is 6.40. The molecule has 0 radical (unpaired) electrons. The highest BCUT2D eigenvalue weighted by molar-refractivity contribution is 6.02. The van der Waals surface area contributed by atoms with Crippen molar-refractivity contribution in [3.8, 4) is 5.75 Å². The Balaban J connectivity index is 1.70. The third-order valence-corrected chi connectivity index (χ3v) is 3.98. The highest BCUT2D eigenvalue weighted by Gasteiger charge is 2.21. The van der Waals surface area contributed by atoms with Gasteiger partial charge >= 0.3 is 0 Å². The molecule has 0 aliphatic rings. The highest BCUT2D eigenvalue weighted by Crippen LogP contribution is 2.27. The minimum Gasteiger partial charge on any atom is -0.479 e. The van der Waals surface area contributed by atoms with Gasteiger partial charge in [0, 0.05) is 23.9 Å². The predicted molar refractivity (Wildman–Crippen MR) is 95.1 cm³/mol. The van der Waals surface area contributed by atoms with Gasteiger partial charge in [0.05, 0.1) is 4.92 Å². The van der Waals surface area contributed by atoms with E-state index < -0.39 is 46.5 Å². The fourth-order valence-electron chi connectivity index (χ4n) is 2.48. The van der Waals surface area contributed by atoms with E-state index in [0.29, 0.717) is 11.3 Å². The first-order valence-corrected chi connectivity index (χ1v) is 8.28. The van der Waals surface area contributed by atoms with Crippen molar-refractivity contribution in [2.45, 2.75) is 13.5 Å². The molecule has 30 heavy (non-hydrogen) atoms. The number of carbonyl (C=O) groups excluding carboxylic acids is 1. The van der Waals surface area contributed by atoms with E-state index in [9.17, 15) is 32.5 Å². The van der Waals surface area contributed by atoms with Gasteiger partial charge in [-0.3, -0.25) is 14.9 Å². The molecule has 0 aliphatic carbocycles. The molecule has 0 aliphatic heterocycles. The number of hydrogen-bond acceptors (Lipinski definition) is 5. The molecule has 7 nitrogen and oxygen atoms in total. The fourth-order valence-corrected chi connectivity index (χ4v) is 2.48. The quantitative estimate of drug-likeness (QED) is 0.263. The van der Waals surface area contributed by atoms with Crippen molar-refractivity contribution in [2.24, 2.45) is 0 Å². The van der Waals surface area contributed by atoms with Gasteiger partial charge in [0.25, 0.3) is 11.6 Å². The van der Waals surface area contributed by atoms with E-state index in [0.717, 1.165) is 0 Å². The zero-order chi connectivity index (χ0) is 22.0. The van der Waals surface area contributed by atoms with E-state index in [1.165, 1.54) is 30.3 Å². The molecule has 0 atom stereocenters. The van der Waals surface area contributed by atoms with Crippen LogP contribution in [0.4, 0.5) is 28.9 Å². The van der Waals surface area contributed by atoms with Crippen LogP contribution in [0.2, 0.25) is 0 Å². The number of nitro benzene ring substituents is 1. The van der Waals surface area contributed by atoms with Gasteiger partial charge in [-0.1, -0.05) is 0 Å². The van der Waals surface area contributed by atoms with E-state index in [1.807, 2.05) is 0 Å². The van der Waals surface area contributed by atoms with Gasteiger partial charge in [0.15, 0.2) is 23.1 Å². The minimum absolute atomic E-state index is 0.0487. The number of non-ortho nitro benzene ring substituents is 1. The second-order valence-electron chi connectivity index (χ2n) is 6.06. The van der Waals surface area contributed by atoms with Gasteiger partial charge in [-0.25, -0.2) is 8.78 Å². The van der Waals surface area contributed by atoms with Crippen molar-refractivity contribution < 1.29 is 36.4 Å². The number of carbonyl (C=O) groups is 1. The monoisotopic (exact) mass is 424 g/mol. The average Bonchev–Trinajstić information content (AvgIpc) is 3.17. The molecule has 11 heteroatoms. The Kier molecular flexibility index (Phi) is 5.72. The first kappa shape index (κ1) is 20.8. The van der Waals surface area contributed by atoms with Gasteiger partial charge in [-0.2, -0.15) is 8.78 Å². The van der Waals surface area contributed by atoms with E-state index in [4.69, 9.17) is 9.15 Å². The third-order valence-electron chi connectivity index (χ3n) is 3.98. The molecule has 2 aromatic carbocycles. The molecule has 156 valence electrons. The summed E-state index contributed by atoms with van der Waals surface area (Å²) >= 11 is 0. The van der Waals surface area contributed by atoms with Crippen LogP contribution in [0.15, 0.2) is 40.8 Å². The summed E-state index contributed by atoms with van der Waals surface area (Å²) in [7, 11) is 0. The molecular formula is C19H12F4N2O5. The van der Waals surface area contributed by atoms with E-state index in [1.54, 1.807) is 6.92 Å². The lowest BCUT2D eigenvalue weighted by Crippen LogP contribution is -2.12. The topological polar surface area (TPSA) is 94.6 Å². The molecule has 3 aromatic rings. The van der Waals surface area contributed by atoms with E-state index in [2.05, 4.69) is 5.32 Å². The van der Waals surface area contributed by atoms with Crippen LogP contribution in [0.25, 0.3) is 0 Å². The standard InChI is InChI=1S/C19H12F4N2O5/c1-9-6-10(25(27)28)2-4-14(9)24-19(26)15-5-3-11(30-15)8-29-18-16(22)12(20)7-13(21)17(18)23/h2-7H,8H2,1H3,(H,24,26). The Morgan fingerprint density at radius 2 is 1.77 bits per heavy atom. The summed E-state index contributed by atoms with van der Waals surface area (Å²) in [5.41, 5.74) is 0.599. The highest BCUT2D eigenvalue weighted by atomic mass is 19.2. The molecule has 1 heterocycles. The average molecular weight is 424 g/mol. The molecule has 0 saturated heterocycles. The van der Waals surface area contributed by atoms with Crippen molar-refractivity contribution in [3.63, 3.8) is 0 Å². The molecule has 0 spiro atoms. The van der Waals surface area contributed by atoms with Crippen molar-refractivity contribution in [3.05, 3.63) is 86.9 Å². The van der Waals surface area contributed by atoms with Crippen LogP contribution in [0.3, 0.4) is 0 Å². The van der Waals surface area contributed by atoms with Crippen LogP contribution < -0.4 is 10.1 Å². The summed E-state index contributed by atoms with van der Waals surface area (Å²) < 4.78 is 63.5. The number of nitro groups is 1. The van der Waals surface area contributed by atoms with Crippen LogP contribution in [0, 0.1) is 40.3 Å². The number of nitrogens with zero attached hydrogens (tertiary/aromatic N) is 1. The van der Waals surface area contributed by atoms with Crippen molar-refractivity contribution in [2.75, 3.05) is 5.32 Å².